The molecule has 1 aliphatic heterocycles. The molecule has 1 aliphatic rings. The van der Waals surface area contributed by atoms with E-state index in [4.69, 9.17) is 9.15 Å². The minimum atomic E-state index is -1.00. The van der Waals surface area contributed by atoms with E-state index in [1.54, 1.807) is 17.0 Å². The Kier molecular flexibility index (Phi) is 6.28. The van der Waals surface area contributed by atoms with Crippen LogP contribution in [0.3, 0.4) is 0 Å². The molecular formula is C30H27N3O6. The lowest BCUT2D eigenvalue weighted by molar-refractivity contribution is -0.132. The molecule has 6 rings (SSSR count). The SMILES string of the molecule is COCc1cc(=O)c(O)c([C@@H](CC(=O)N2CCc3c([nH]c4ccccc34)C2)c2cc3ccccc3[nH]c2=O)o1. The lowest BCUT2D eigenvalue weighted by Gasteiger charge is -2.29. The molecule has 0 aliphatic carbocycles. The third kappa shape index (κ3) is 4.51. The van der Waals surface area contributed by atoms with Crippen molar-refractivity contribution >= 4 is 27.7 Å². The minimum Gasteiger partial charge on any atom is -0.502 e. The number of hydrogen-bond acceptors (Lipinski definition) is 6. The summed E-state index contributed by atoms with van der Waals surface area (Å²) in [5.41, 5.74) is 2.97. The van der Waals surface area contributed by atoms with E-state index in [1.807, 2.05) is 36.4 Å². The van der Waals surface area contributed by atoms with E-state index in [-0.39, 0.29) is 36.0 Å². The van der Waals surface area contributed by atoms with Crippen LogP contribution in [-0.4, -0.2) is 39.5 Å². The smallest absolute Gasteiger partial charge is 0.252 e. The summed E-state index contributed by atoms with van der Waals surface area (Å²) in [6.07, 6.45) is 0.514. The Hall–Kier alpha value is -4.63. The van der Waals surface area contributed by atoms with Gasteiger partial charge in [0.25, 0.3) is 5.56 Å². The average Bonchev–Trinajstić information content (AvgIpc) is 3.31. The molecule has 0 saturated heterocycles. The van der Waals surface area contributed by atoms with Crippen molar-refractivity contribution in [3.63, 3.8) is 0 Å². The first kappa shape index (κ1) is 24.7. The maximum absolute atomic E-state index is 13.7. The van der Waals surface area contributed by atoms with Crippen molar-refractivity contribution in [2.24, 2.45) is 0 Å². The topological polar surface area (TPSA) is 129 Å². The van der Waals surface area contributed by atoms with E-state index in [0.717, 1.165) is 28.0 Å². The first-order valence-electron chi connectivity index (χ1n) is 12.8. The van der Waals surface area contributed by atoms with Gasteiger partial charge in [-0.3, -0.25) is 14.4 Å². The fraction of sp³-hybridized carbons (Fsp3) is 0.233. The summed E-state index contributed by atoms with van der Waals surface area (Å²) < 4.78 is 11.0. The summed E-state index contributed by atoms with van der Waals surface area (Å²) in [5.74, 6) is -1.80. The van der Waals surface area contributed by atoms with E-state index < -0.39 is 22.7 Å². The molecule has 2 aromatic carbocycles. The second kappa shape index (κ2) is 9.92. The number of aromatic hydroxyl groups is 1. The third-order valence-corrected chi connectivity index (χ3v) is 7.37. The molecule has 9 nitrogen and oxygen atoms in total. The highest BCUT2D eigenvalue weighted by molar-refractivity contribution is 5.86. The van der Waals surface area contributed by atoms with E-state index >= 15 is 0 Å². The molecule has 5 aromatic rings. The zero-order chi connectivity index (χ0) is 27.1. The highest BCUT2D eigenvalue weighted by Crippen LogP contribution is 2.34. The fourth-order valence-electron chi connectivity index (χ4n) is 5.48. The highest BCUT2D eigenvalue weighted by atomic mass is 16.5. The lowest BCUT2D eigenvalue weighted by Crippen LogP contribution is -2.37. The van der Waals surface area contributed by atoms with Gasteiger partial charge in [-0.1, -0.05) is 36.4 Å². The minimum absolute atomic E-state index is 0.00739. The number of carbonyl (C=O) groups is 1. The first-order valence-corrected chi connectivity index (χ1v) is 12.8. The van der Waals surface area contributed by atoms with Crippen molar-refractivity contribution < 1.29 is 19.1 Å². The largest absolute Gasteiger partial charge is 0.502 e. The van der Waals surface area contributed by atoms with Crippen molar-refractivity contribution in [1.82, 2.24) is 14.9 Å². The van der Waals surface area contributed by atoms with E-state index in [1.165, 1.54) is 12.7 Å². The molecule has 39 heavy (non-hydrogen) atoms. The number of ether oxygens (including phenoxy) is 1. The van der Waals surface area contributed by atoms with Crippen LogP contribution in [0.5, 0.6) is 5.75 Å². The van der Waals surface area contributed by atoms with Gasteiger partial charge in [0, 0.05) is 53.8 Å². The van der Waals surface area contributed by atoms with Gasteiger partial charge in [-0.05, 0) is 35.6 Å². The van der Waals surface area contributed by atoms with E-state index in [2.05, 4.69) is 16.0 Å². The number of fused-ring (bicyclic) bond motifs is 4. The number of aromatic nitrogens is 2. The van der Waals surface area contributed by atoms with Gasteiger partial charge in [0.15, 0.2) is 5.76 Å². The molecule has 0 radical (unpaired) electrons. The Bertz CT molecular complexity index is 1830. The van der Waals surface area contributed by atoms with Crippen LogP contribution in [0.2, 0.25) is 0 Å². The van der Waals surface area contributed by atoms with Crippen LogP contribution in [-0.2, 0) is 29.1 Å². The molecule has 4 heterocycles. The number of para-hydroxylation sites is 2. The zero-order valence-electron chi connectivity index (χ0n) is 21.3. The summed E-state index contributed by atoms with van der Waals surface area (Å²) in [6.45, 7) is 0.893. The normalized spacial score (nSPS) is 14.0. The number of H-pyrrole nitrogens is 2. The van der Waals surface area contributed by atoms with Gasteiger partial charge in [0.2, 0.25) is 17.1 Å². The quantitative estimate of drug-likeness (QED) is 0.308. The van der Waals surface area contributed by atoms with E-state index in [9.17, 15) is 19.5 Å². The maximum atomic E-state index is 13.7. The fourth-order valence-corrected chi connectivity index (χ4v) is 5.48. The average molecular weight is 526 g/mol. The van der Waals surface area contributed by atoms with Crippen LogP contribution in [0, 0.1) is 0 Å². The van der Waals surface area contributed by atoms with Crippen LogP contribution in [0.15, 0.2) is 74.7 Å². The van der Waals surface area contributed by atoms with Gasteiger partial charge in [-0.15, -0.1) is 0 Å². The Balaban J connectivity index is 1.40. The Morgan fingerprint density at radius 3 is 2.67 bits per heavy atom. The molecule has 1 amide bonds. The lowest BCUT2D eigenvalue weighted by atomic mass is 9.91. The van der Waals surface area contributed by atoms with Crippen LogP contribution in [0.4, 0.5) is 0 Å². The molecule has 0 spiro atoms. The summed E-state index contributed by atoms with van der Waals surface area (Å²) in [5, 5.41) is 12.7. The van der Waals surface area contributed by atoms with Crippen LogP contribution < -0.4 is 11.0 Å². The number of aromatic amines is 2. The van der Waals surface area contributed by atoms with Crippen molar-refractivity contribution in [3.05, 3.63) is 110 Å². The van der Waals surface area contributed by atoms with Gasteiger partial charge >= 0.3 is 0 Å². The Morgan fingerprint density at radius 1 is 1.08 bits per heavy atom. The van der Waals surface area contributed by atoms with Gasteiger partial charge in [-0.25, -0.2) is 0 Å². The molecule has 0 bridgehead atoms. The summed E-state index contributed by atoms with van der Waals surface area (Å²) in [4.78, 5) is 47.6. The van der Waals surface area contributed by atoms with Crippen molar-refractivity contribution in [3.8, 4) is 5.75 Å². The Morgan fingerprint density at radius 2 is 1.85 bits per heavy atom. The number of carbonyl (C=O) groups excluding carboxylic acids is 1. The summed E-state index contributed by atoms with van der Waals surface area (Å²) >= 11 is 0. The van der Waals surface area contributed by atoms with Gasteiger partial charge < -0.3 is 29.1 Å². The predicted octanol–water partition coefficient (Wildman–Crippen LogP) is 3.92. The summed E-state index contributed by atoms with van der Waals surface area (Å²) in [7, 11) is 1.45. The van der Waals surface area contributed by atoms with Crippen LogP contribution in [0.25, 0.3) is 21.8 Å². The van der Waals surface area contributed by atoms with Gasteiger partial charge in [0.05, 0.1) is 12.5 Å². The molecule has 0 fully saturated rings. The van der Waals surface area contributed by atoms with Gasteiger partial charge in [-0.2, -0.15) is 0 Å². The van der Waals surface area contributed by atoms with Crippen LogP contribution >= 0.6 is 0 Å². The number of methoxy groups -OCH3 is 1. The monoisotopic (exact) mass is 525 g/mol. The molecule has 0 saturated carbocycles. The molecule has 9 heteroatoms. The Labute approximate surface area is 222 Å². The number of amides is 1. The van der Waals surface area contributed by atoms with Crippen molar-refractivity contribution in [2.45, 2.75) is 31.9 Å². The molecule has 3 N–H and O–H groups in total. The maximum Gasteiger partial charge on any atom is 0.252 e. The molecule has 1 atom stereocenters. The number of nitrogens with one attached hydrogen (secondary N) is 2. The third-order valence-electron chi connectivity index (χ3n) is 7.37. The molecule has 198 valence electrons. The van der Waals surface area contributed by atoms with Crippen LogP contribution in [0.1, 0.15) is 40.7 Å². The van der Waals surface area contributed by atoms with Crippen molar-refractivity contribution in [1.29, 1.82) is 0 Å². The summed E-state index contributed by atoms with van der Waals surface area (Å²) in [6, 6.07) is 18.2. The highest BCUT2D eigenvalue weighted by Gasteiger charge is 2.32. The standard InChI is InChI=1S/C30H27N3O6/c1-38-16-18-13-26(34)28(36)29(39-18)21(22-12-17-6-2-4-8-23(17)32-30(22)37)14-27(35)33-11-10-20-19-7-3-5-9-24(19)31-25(20)15-33/h2-9,12-13,21,31,36H,10-11,14-16H2,1H3,(H,32,37)/t21-/m0/s1. The number of benzene rings is 2. The van der Waals surface area contributed by atoms with E-state index in [0.29, 0.717) is 25.0 Å². The zero-order valence-corrected chi connectivity index (χ0v) is 21.3. The second-order valence-corrected chi connectivity index (χ2v) is 9.81. The first-order chi connectivity index (χ1) is 18.9. The second-order valence-electron chi connectivity index (χ2n) is 9.81. The number of pyridine rings is 1. The number of hydrogen-bond donors (Lipinski definition) is 3. The molecular weight excluding hydrogens is 498 g/mol. The number of nitrogens with zero attached hydrogens (tertiary/aromatic N) is 1. The van der Waals surface area contributed by atoms with Gasteiger partial charge in [0.1, 0.15) is 12.4 Å². The molecule has 3 aromatic heterocycles. The number of rotatable bonds is 6. The van der Waals surface area contributed by atoms with Crippen molar-refractivity contribution in [2.75, 3.05) is 13.7 Å². The molecule has 0 unspecified atom stereocenters. The predicted molar refractivity (Wildman–Crippen MR) is 146 cm³/mol.